The Morgan fingerprint density at radius 1 is 1.12 bits per heavy atom. The quantitative estimate of drug-likeness (QED) is 0.670. The number of benzene rings is 1. The Labute approximate surface area is 149 Å². The third-order valence-electron chi connectivity index (χ3n) is 3.90. The third-order valence-corrected chi connectivity index (χ3v) is 6.59. The number of hydrogen-bond donors (Lipinski definition) is 2. The zero-order chi connectivity index (χ0) is 17.6. The largest absolute Gasteiger partial charge is 0.313 e. The second-order valence-electron chi connectivity index (χ2n) is 6.05. The van der Waals surface area contributed by atoms with Crippen molar-refractivity contribution in [2.75, 3.05) is 13.1 Å². The molecule has 24 heavy (non-hydrogen) atoms. The van der Waals surface area contributed by atoms with Crippen molar-refractivity contribution in [3.05, 3.63) is 51.7 Å². The highest BCUT2D eigenvalue weighted by atomic mass is 32.2. The van der Waals surface area contributed by atoms with Gasteiger partial charge in [-0.2, -0.15) is 0 Å². The summed E-state index contributed by atoms with van der Waals surface area (Å²) in [6.07, 6.45) is 2.05. The fourth-order valence-corrected chi connectivity index (χ4v) is 5.17. The van der Waals surface area contributed by atoms with Crippen molar-refractivity contribution in [1.82, 2.24) is 10.0 Å². The maximum atomic E-state index is 12.3. The van der Waals surface area contributed by atoms with Crippen molar-refractivity contribution >= 4 is 21.4 Å². The summed E-state index contributed by atoms with van der Waals surface area (Å²) in [5, 5.41) is 3.37. The van der Waals surface area contributed by atoms with Gasteiger partial charge in [0.25, 0.3) is 0 Å². The minimum Gasteiger partial charge on any atom is -0.313 e. The van der Waals surface area contributed by atoms with Crippen LogP contribution < -0.4 is 10.0 Å². The van der Waals surface area contributed by atoms with Gasteiger partial charge in [-0.15, -0.1) is 11.3 Å². The first kappa shape index (κ1) is 19.1. The van der Waals surface area contributed by atoms with Gasteiger partial charge < -0.3 is 5.32 Å². The zero-order valence-corrected chi connectivity index (χ0v) is 16.1. The molecule has 0 spiro atoms. The first-order chi connectivity index (χ1) is 11.4. The normalized spacial score (nSPS) is 13.1. The zero-order valence-electron chi connectivity index (χ0n) is 14.5. The lowest BCUT2D eigenvalue weighted by molar-refractivity contribution is 0.511. The summed E-state index contributed by atoms with van der Waals surface area (Å²) >= 11 is 1.51. The van der Waals surface area contributed by atoms with Gasteiger partial charge in [-0.1, -0.05) is 30.3 Å². The molecular formula is C18H26N2O2S2. The molecule has 1 heterocycles. The standard InChI is InChI=1S/C18H26N2O2S2/c1-14(9-10-17-7-5-4-6-8-17)19-11-12-20-24(21,22)18-13-15(2)23-16(18)3/h4-8,13-14,19-20H,9-12H2,1-3H3/t14-/m0/s1. The van der Waals surface area contributed by atoms with Crippen LogP contribution in [0.25, 0.3) is 0 Å². The van der Waals surface area contributed by atoms with Crippen LogP contribution in [0, 0.1) is 13.8 Å². The molecule has 0 saturated carbocycles. The molecule has 4 nitrogen and oxygen atoms in total. The Morgan fingerprint density at radius 2 is 1.83 bits per heavy atom. The van der Waals surface area contributed by atoms with Crippen LogP contribution >= 0.6 is 11.3 Å². The van der Waals surface area contributed by atoms with Gasteiger partial charge in [0.15, 0.2) is 0 Å². The molecular weight excluding hydrogens is 340 g/mol. The molecule has 1 atom stereocenters. The molecule has 2 aromatic rings. The van der Waals surface area contributed by atoms with E-state index in [1.807, 2.05) is 19.9 Å². The highest BCUT2D eigenvalue weighted by Crippen LogP contribution is 2.24. The number of nitrogens with one attached hydrogen (secondary N) is 2. The van der Waals surface area contributed by atoms with E-state index in [-0.39, 0.29) is 0 Å². The number of thiophene rings is 1. The number of sulfonamides is 1. The van der Waals surface area contributed by atoms with Crippen LogP contribution in [0.15, 0.2) is 41.3 Å². The molecule has 0 aliphatic carbocycles. The van der Waals surface area contributed by atoms with E-state index in [2.05, 4.69) is 41.2 Å². The summed E-state index contributed by atoms with van der Waals surface area (Å²) in [5.41, 5.74) is 1.33. The summed E-state index contributed by atoms with van der Waals surface area (Å²) in [7, 11) is -3.40. The SMILES string of the molecule is Cc1cc(S(=O)(=O)NCCN[C@@H](C)CCc2ccccc2)c(C)s1. The van der Waals surface area contributed by atoms with Gasteiger partial charge in [0, 0.05) is 28.9 Å². The van der Waals surface area contributed by atoms with Gasteiger partial charge in [-0.3, -0.25) is 0 Å². The van der Waals surface area contributed by atoms with Crippen molar-refractivity contribution in [2.24, 2.45) is 0 Å². The van der Waals surface area contributed by atoms with Crippen LogP contribution in [0.2, 0.25) is 0 Å². The maximum Gasteiger partial charge on any atom is 0.241 e. The van der Waals surface area contributed by atoms with E-state index >= 15 is 0 Å². The predicted molar refractivity (Wildman–Crippen MR) is 101 cm³/mol. The Bertz CT molecular complexity index is 740. The van der Waals surface area contributed by atoms with E-state index in [1.165, 1.54) is 16.9 Å². The van der Waals surface area contributed by atoms with Gasteiger partial charge in [0.1, 0.15) is 0 Å². The smallest absolute Gasteiger partial charge is 0.241 e. The molecule has 0 fully saturated rings. The van der Waals surface area contributed by atoms with E-state index in [1.54, 1.807) is 6.07 Å². The topological polar surface area (TPSA) is 58.2 Å². The third kappa shape index (κ3) is 5.70. The predicted octanol–water partition coefficient (Wildman–Crippen LogP) is 3.25. The molecule has 0 unspecified atom stereocenters. The monoisotopic (exact) mass is 366 g/mol. The second kappa shape index (κ2) is 8.76. The van der Waals surface area contributed by atoms with E-state index in [4.69, 9.17) is 0 Å². The van der Waals surface area contributed by atoms with Crippen LogP contribution in [0.5, 0.6) is 0 Å². The van der Waals surface area contributed by atoms with E-state index < -0.39 is 10.0 Å². The molecule has 0 saturated heterocycles. The van der Waals surface area contributed by atoms with Gasteiger partial charge in [-0.05, 0) is 45.2 Å². The van der Waals surface area contributed by atoms with Crippen LogP contribution in [0.4, 0.5) is 0 Å². The molecule has 1 aromatic carbocycles. The molecule has 0 amide bonds. The summed E-state index contributed by atoms with van der Waals surface area (Å²) in [6, 6.07) is 12.5. The highest BCUT2D eigenvalue weighted by Gasteiger charge is 2.18. The average molecular weight is 367 g/mol. The summed E-state index contributed by atoms with van der Waals surface area (Å²) in [5.74, 6) is 0. The van der Waals surface area contributed by atoms with E-state index in [0.29, 0.717) is 24.0 Å². The maximum absolute atomic E-state index is 12.3. The number of aryl methyl sites for hydroxylation is 3. The van der Waals surface area contributed by atoms with Crippen LogP contribution in [0.1, 0.15) is 28.7 Å². The average Bonchev–Trinajstić information content (AvgIpc) is 2.90. The molecule has 0 radical (unpaired) electrons. The van der Waals surface area contributed by atoms with Crippen LogP contribution in [0.3, 0.4) is 0 Å². The molecule has 1 aromatic heterocycles. The van der Waals surface area contributed by atoms with Gasteiger partial charge in [0.2, 0.25) is 10.0 Å². The Hall–Kier alpha value is -1.21. The van der Waals surface area contributed by atoms with E-state index in [0.717, 1.165) is 22.6 Å². The first-order valence-corrected chi connectivity index (χ1v) is 10.5. The van der Waals surface area contributed by atoms with Crippen molar-refractivity contribution in [3.63, 3.8) is 0 Å². The van der Waals surface area contributed by atoms with E-state index in [9.17, 15) is 8.42 Å². The van der Waals surface area contributed by atoms with Gasteiger partial charge in [-0.25, -0.2) is 13.1 Å². The fourth-order valence-electron chi connectivity index (χ4n) is 2.59. The van der Waals surface area contributed by atoms with Crippen molar-refractivity contribution in [1.29, 1.82) is 0 Å². The lowest BCUT2D eigenvalue weighted by Gasteiger charge is -2.14. The molecule has 0 aliphatic rings. The van der Waals surface area contributed by atoms with Crippen molar-refractivity contribution in [2.45, 2.75) is 44.6 Å². The fraction of sp³-hybridized carbons (Fsp3) is 0.444. The molecule has 6 heteroatoms. The molecule has 2 N–H and O–H groups in total. The molecule has 0 bridgehead atoms. The minimum absolute atomic E-state index is 0.347. The Morgan fingerprint density at radius 3 is 2.46 bits per heavy atom. The second-order valence-corrected chi connectivity index (χ2v) is 9.25. The highest BCUT2D eigenvalue weighted by molar-refractivity contribution is 7.89. The lowest BCUT2D eigenvalue weighted by atomic mass is 10.1. The lowest BCUT2D eigenvalue weighted by Crippen LogP contribution is -2.36. The minimum atomic E-state index is -3.40. The molecule has 132 valence electrons. The van der Waals surface area contributed by atoms with Crippen molar-refractivity contribution in [3.8, 4) is 0 Å². The Kier molecular flexibility index (Phi) is 6.98. The summed E-state index contributed by atoms with van der Waals surface area (Å²) in [4.78, 5) is 2.26. The summed E-state index contributed by atoms with van der Waals surface area (Å²) < 4.78 is 27.3. The first-order valence-electron chi connectivity index (χ1n) is 8.22. The molecule has 2 rings (SSSR count). The number of hydrogen-bond acceptors (Lipinski definition) is 4. The summed E-state index contributed by atoms with van der Waals surface area (Å²) in [6.45, 7) is 6.91. The van der Waals surface area contributed by atoms with Crippen LogP contribution in [-0.2, 0) is 16.4 Å². The van der Waals surface area contributed by atoms with Crippen LogP contribution in [-0.4, -0.2) is 27.5 Å². The van der Waals surface area contributed by atoms with Gasteiger partial charge >= 0.3 is 0 Å². The van der Waals surface area contributed by atoms with Gasteiger partial charge in [0.05, 0.1) is 4.90 Å². The number of rotatable bonds is 9. The Balaban J connectivity index is 1.71. The molecule has 0 aliphatic heterocycles. The van der Waals surface area contributed by atoms with Crippen molar-refractivity contribution < 1.29 is 8.42 Å².